The van der Waals surface area contributed by atoms with Gasteiger partial charge in [-0.15, -0.1) is 0 Å². The average Bonchev–Trinajstić information content (AvgIpc) is 2.79. The van der Waals surface area contributed by atoms with Crippen molar-refractivity contribution in [3.63, 3.8) is 0 Å². The molecular weight excluding hydrogens is 332 g/mol. The summed E-state index contributed by atoms with van der Waals surface area (Å²) in [4.78, 5) is 14.5. The number of furan rings is 1. The Balaban J connectivity index is 2.26. The van der Waals surface area contributed by atoms with Crippen LogP contribution in [0.2, 0.25) is 0 Å². The minimum absolute atomic E-state index is 0.0584. The van der Waals surface area contributed by atoms with Gasteiger partial charge in [0.05, 0.1) is 6.54 Å². The highest BCUT2D eigenvalue weighted by Crippen LogP contribution is 2.21. The lowest BCUT2D eigenvalue weighted by Gasteiger charge is -2.26. The number of carbonyl (C=O) groups is 1. The second-order valence-electron chi connectivity index (χ2n) is 5.31. The van der Waals surface area contributed by atoms with Crippen molar-refractivity contribution in [1.29, 1.82) is 0 Å². The molecule has 0 radical (unpaired) electrons. The number of carbonyl (C=O) groups excluding carboxylic acids is 1. The van der Waals surface area contributed by atoms with E-state index in [0.29, 0.717) is 17.8 Å². The molecule has 1 aromatic heterocycles. The van der Waals surface area contributed by atoms with Gasteiger partial charge in [-0.3, -0.25) is 4.79 Å². The molecule has 0 aliphatic carbocycles. The van der Waals surface area contributed by atoms with E-state index in [9.17, 15) is 4.79 Å². The number of hydrogen-bond acceptors (Lipinski definition) is 3. The number of rotatable bonds is 4. The zero-order valence-corrected chi connectivity index (χ0v) is 14.0. The van der Waals surface area contributed by atoms with Gasteiger partial charge in [0.2, 0.25) is 0 Å². The Labute approximate surface area is 133 Å². The Hall–Kier alpha value is -1.75. The molecule has 0 saturated carbocycles. The summed E-state index contributed by atoms with van der Waals surface area (Å²) in [5.41, 5.74) is 6.94. The van der Waals surface area contributed by atoms with E-state index in [-0.39, 0.29) is 11.9 Å². The van der Waals surface area contributed by atoms with Crippen LogP contribution in [0.4, 0.5) is 5.69 Å². The molecule has 0 fully saturated rings. The largest absolute Gasteiger partial charge is 0.464 e. The Bertz CT molecular complexity index is 629. The van der Waals surface area contributed by atoms with Gasteiger partial charge in [0.1, 0.15) is 11.5 Å². The standard InChI is InChI=1S/C16H19BrN2O2/c1-10(2)19(9-15-5-4-11(3)21-15)16(20)12-6-13(17)8-14(18)7-12/h4-8,10H,9,18H2,1-3H3. The summed E-state index contributed by atoms with van der Waals surface area (Å²) in [6.07, 6.45) is 0. The van der Waals surface area contributed by atoms with Crippen LogP contribution in [0.25, 0.3) is 0 Å². The van der Waals surface area contributed by atoms with E-state index in [1.165, 1.54) is 0 Å². The molecule has 1 amide bonds. The molecule has 5 heteroatoms. The predicted octanol–water partition coefficient (Wildman–Crippen LogP) is 3.98. The molecule has 2 rings (SSSR count). The quantitative estimate of drug-likeness (QED) is 0.848. The van der Waals surface area contributed by atoms with Gasteiger partial charge in [-0.25, -0.2) is 0 Å². The van der Waals surface area contributed by atoms with Crippen LogP contribution >= 0.6 is 15.9 Å². The topological polar surface area (TPSA) is 59.5 Å². The first-order valence-electron chi connectivity index (χ1n) is 6.79. The number of aryl methyl sites for hydroxylation is 1. The summed E-state index contributed by atoms with van der Waals surface area (Å²) < 4.78 is 6.36. The van der Waals surface area contributed by atoms with Crippen LogP contribution in [0.5, 0.6) is 0 Å². The summed E-state index contributed by atoms with van der Waals surface area (Å²) in [6.45, 7) is 6.29. The number of nitrogens with two attached hydrogens (primary N) is 1. The van der Waals surface area contributed by atoms with Gasteiger partial charge in [-0.2, -0.15) is 0 Å². The third kappa shape index (κ3) is 3.88. The van der Waals surface area contributed by atoms with E-state index >= 15 is 0 Å². The second kappa shape index (κ2) is 6.35. The summed E-state index contributed by atoms with van der Waals surface area (Å²) in [7, 11) is 0. The maximum atomic E-state index is 12.7. The maximum absolute atomic E-state index is 12.7. The van der Waals surface area contributed by atoms with E-state index in [4.69, 9.17) is 10.2 Å². The van der Waals surface area contributed by atoms with Crippen molar-refractivity contribution in [3.05, 3.63) is 51.9 Å². The SMILES string of the molecule is Cc1ccc(CN(C(=O)c2cc(N)cc(Br)c2)C(C)C)o1. The monoisotopic (exact) mass is 350 g/mol. The number of anilines is 1. The molecule has 2 aromatic rings. The molecule has 0 spiro atoms. The van der Waals surface area contributed by atoms with Crippen LogP contribution < -0.4 is 5.73 Å². The van der Waals surface area contributed by atoms with Gasteiger partial charge in [-0.1, -0.05) is 15.9 Å². The van der Waals surface area contributed by atoms with Crippen LogP contribution in [0.1, 0.15) is 35.7 Å². The van der Waals surface area contributed by atoms with Crippen molar-refractivity contribution in [1.82, 2.24) is 4.90 Å². The summed E-state index contributed by atoms with van der Waals surface area (Å²) in [5, 5.41) is 0. The smallest absolute Gasteiger partial charge is 0.254 e. The molecule has 2 N–H and O–H groups in total. The second-order valence-corrected chi connectivity index (χ2v) is 6.23. The molecule has 0 aliphatic rings. The minimum atomic E-state index is -0.0629. The fourth-order valence-corrected chi connectivity index (χ4v) is 2.64. The van der Waals surface area contributed by atoms with Crippen molar-refractivity contribution >= 4 is 27.5 Å². The Kier molecular flexibility index (Phi) is 4.73. The Morgan fingerprint density at radius 1 is 1.33 bits per heavy atom. The number of amides is 1. The first kappa shape index (κ1) is 15.6. The highest BCUT2D eigenvalue weighted by atomic mass is 79.9. The molecule has 1 heterocycles. The fraction of sp³-hybridized carbons (Fsp3) is 0.312. The Morgan fingerprint density at radius 2 is 2.05 bits per heavy atom. The van der Waals surface area contributed by atoms with E-state index in [0.717, 1.165) is 16.0 Å². The first-order chi connectivity index (χ1) is 9.86. The van der Waals surface area contributed by atoms with Crippen molar-refractivity contribution in [2.45, 2.75) is 33.4 Å². The van der Waals surface area contributed by atoms with Crippen LogP contribution in [-0.2, 0) is 6.54 Å². The molecule has 0 unspecified atom stereocenters. The third-order valence-electron chi connectivity index (χ3n) is 3.17. The van der Waals surface area contributed by atoms with E-state index in [1.54, 1.807) is 23.1 Å². The zero-order valence-electron chi connectivity index (χ0n) is 12.4. The lowest BCUT2D eigenvalue weighted by atomic mass is 10.1. The number of halogens is 1. The third-order valence-corrected chi connectivity index (χ3v) is 3.63. The summed E-state index contributed by atoms with van der Waals surface area (Å²) in [5.74, 6) is 1.55. The lowest BCUT2D eigenvalue weighted by molar-refractivity contribution is 0.0675. The van der Waals surface area contributed by atoms with Crippen molar-refractivity contribution in [3.8, 4) is 0 Å². The molecule has 0 saturated heterocycles. The van der Waals surface area contributed by atoms with Crippen LogP contribution in [-0.4, -0.2) is 16.8 Å². The fourth-order valence-electron chi connectivity index (χ4n) is 2.13. The van der Waals surface area contributed by atoms with Gasteiger partial charge in [0, 0.05) is 21.8 Å². The summed E-state index contributed by atoms with van der Waals surface area (Å²) in [6, 6.07) is 9.09. The number of nitrogen functional groups attached to an aromatic ring is 1. The van der Waals surface area contributed by atoms with Gasteiger partial charge in [-0.05, 0) is 51.1 Å². The first-order valence-corrected chi connectivity index (χ1v) is 7.58. The molecule has 0 aliphatic heterocycles. The summed E-state index contributed by atoms with van der Waals surface area (Å²) >= 11 is 3.37. The molecule has 112 valence electrons. The molecule has 21 heavy (non-hydrogen) atoms. The van der Waals surface area contributed by atoms with Crippen LogP contribution in [0.3, 0.4) is 0 Å². The predicted molar refractivity (Wildman–Crippen MR) is 87.0 cm³/mol. The van der Waals surface area contributed by atoms with Crippen molar-refractivity contribution in [2.24, 2.45) is 0 Å². The van der Waals surface area contributed by atoms with E-state index in [1.807, 2.05) is 32.9 Å². The van der Waals surface area contributed by atoms with Crippen molar-refractivity contribution < 1.29 is 9.21 Å². The number of hydrogen-bond donors (Lipinski definition) is 1. The Morgan fingerprint density at radius 3 is 2.57 bits per heavy atom. The number of nitrogens with zero attached hydrogens (tertiary/aromatic N) is 1. The van der Waals surface area contributed by atoms with Gasteiger partial charge < -0.3 is 15.1 Å². The minimum Gasteiger partial charge on any atom is -0.464 e. The molecule has 1 aromatic carbocycles. The van der Waals surface area contributed by atoms with E-state index < -0.39 is 0 Å². The molecule has 0 atom stereocenters. The van der Waals surface area contributed by atoms with E-state index in [2.05, 4.69) is 15.9 Å². The average molecular weight is 351 g/mol. The molecule has 0 bridgehead atoms. The highest BCUT2D eigenvalue weighted by Gasteiger charge is 2.21. The lowest BCUT2D eigenvalue weighted by Crippen LogP contribution is -2.36. The molecular formula is C16H19BrN2O2. The normalized spacial score (nSPS) is 10.9. The van der Waals surface area contributed by atoms with Gasteiger partial charge in [0.25, 0.3) is 5.91 Å². The van der Waals surface area contributed by atoms with Crippen LogP contribution in [0.15, 0.2) is 39.2 Å². The zero-order chi connectivity index (χ0) is 15.6. The van der Waals surface area contributed by atoms with Gasteiger partial charge in [0.15, 0.2) is 0 Å². The van der Waals surface area contributed by atoms with Crippen LogP contribution in [0, 0.1) is 6.92 Å². The maximum Gasteiger partial charge on any atom is 0.254 e. The molecule has 4 nitrogen and oxygen atoms in total. The highest BCUT2D eigenvalue weighted by molar-refractivity contribution is 9.10. The van der Waals surface area contributed by atoms with Gasteiger partial charge >= 0.3 is 0 Å². The van der Waals surface area contributed by atoms with Crippen molar-refractivity contribution in [2.75, 3.05) is 5.73 Å². The number of benzene rings is 1.